The van der Waals surface area contributed by atoms with Gasteiger partial charge in [-0.15, -0.1) is 0 Å². The van der Waals surface area contributed by atoms with E-state index in [0.717, 1.165) is 16.5 Å². The van der Waals surface area contributed by atoms with E-state index in [-0.39, 0.29) is 4.75 Å². The summed E-state index contributed by atoms with van der Waals surface area (Å²) in [7, 11) is -1.28. The summed E-state index contributed by atoms with van der Waals surface area (Å²) in [6, 6.07) is 9.39. The molecule has 0 aliphatic carbocycles. The molecular formula is C14H15ClN2OS. The molecule has 0 saturated heterocycles. The van der Waals surface area contributed by atoms with Gasteiger partial charge in [0.15, 0.2) is 0 Å². The molecule has 1 atom stereocenters. The molecule has 3 nitrogen and oxygen atoms in total. The molecule has 0 fully saturated rings. The Morgan fingerprint density at radius 2 is 2.00 bits per heavy atom. The summed E-state index contributed by atoms with van der Waals surface area (Å²) in [5, 5.41) is 1.35. The van der Waals surface area contributed by atoms with Crippen molar-refractivity contribution in [3.8, 4) is 0 Å². The molecule has 100 valence electrons. The lowest BCUT2D eigenvalue weighted by Crippen LogP contribution is -2.19. The maximum atomic E-state index is 11.9. The molecule has 1 unspecified atom stereocenters. The maximum absolute atomic E-state index is 11.9. The Kier molecular flexibility index (Phi) is 4.02. The SMILES string of the molecule is CC(C)(C)S(=O)/N=C/c1cc(Cl)nc2ccccc12. The topological polar surface area (TPSA) is 42.3 Å². The van der Waals surface area contributed by atoms with Crippen molar-refractivity contribution >= 4 is 39.7 Å². The smallest absolute Gasteiger partial charge is 0.144 e. The second-order valence-electron chi connectivity index (χ2n) is 5.15. The fraction of sp³-hybridized carbons (Fsp3) is 0.286. The van der Waals surface area contributed by atoms with Crippen LogP contribution in [-0.2, 0) is 11.0 Å². The minimum Gasteiger partial charge on any atom is -0.236 e. The second kappa shape index (κ2) is 5.39. The van der Waals surface area contributed by atoms with E-state index in [9.17, 15) is 4.21 Å². The molecule has 1 heterocycles. The van der Waals surface area contributed by atoms with Crippen molar-refractivity contribution in [2.24, 2.45) is 4.40 Å². The summed E-state index contributed by atoms with van der Waals surface area (Å²) in [5.74, 6) is 0. The maximum Gasteiger partial charge on any atom is 0.144 e. The number of pyridine rings is 1. The third kappa shape index (κ3) is 3.39. The number of hydrogen-bond donors (Lipinski definition) is 0. The number of hydrogen-bond acceptors (Lipinski definition) is 2. The van der Waals surface area contributed by atoms with Crippen LogP contribution in [0, 0.1) is 0 Å². The molecule has 0 spiro atoms. The highest BCUT2D eigenvalue weighted by molar-refractivity contribution is 7.85. The fourth-order valence-electron chi connectivity index (χ4n) is 1.54. The molecule has 1 aromatic heterocycles. The Morgan fingerprint density at radius 3 is 2.68 bits per heavy atom. The quantitative estimate of drug-likeness (QED) is 0.625. The van der Waals surface area contributed by atoms with E-state index in [1.54, 1.807) is 12.3 Å². The van der Waals surface area contributed by atoms with Crippen LogP contribution in [-0.4, -0.2) is 20.2 Å². The number of rotatable bonds is 2. The van der Waals surface area contributed by atoms with Crippen LogP contribution in [0.5, 0.6) is 0 Å². The Balaban J connectivity index is 2.46. The van der Waals surface area contributed by atoms with Gasteiger partial charge in [0.1, 0.15) is 16.1 Å². The molecule has 5 heteroatoms. The van der Waals surface area contributed by atoms with Gasteiger partial charge in [-0.2, -0.15) is 4.40 Å². The van der Waals surface area contributed by atoms with Crippen molar-refractivity contribution in [1.82, 2.24) is 4.98 Å². The summed E-state index contributed by atoms with van der Waals surface area (Å²) in [6.45, 7) is 5.66. The summed E-state index contributed by atoms with van der Waals surface area (Å²) >= 11 is 5.98. The molecule has 2 rings (SSSR count). The predicted molar refractivity (Wildman–Crippen MR) is 82.2 cm³/mol. The lowest BCUT2D eigenvalue weighted by molar-refractivity contribution is 0.651. The molecule has 0 aliphatic rings. The molecule has 0 radical (unpaired) electrons. The third-order valence-electron chi connectivity index (χ3n) is 2.53. The monoisotopic (exact) mass is 294 g/mol. The lowest BCUT2D eigenvalue weighted by Gasteiger charge is -2.12. The van der Waals surface area contributed by atoms with Crippen molar-refractivity contribution in [2.45, 2.75) is 25.5 Å². The number of para-hydroxylation sites is 1. The zero-order valence-electron chi connectivity index (χ0n) is 11.1. The van der Waals surface area contributed by atoms with Crippen LogP contribution in [0.3, 0.4) is 0 Å². The van der Waals surface area contributed by atoms with Gasteiger partial charge in [0.25, 0.3) is 0 Å². The van der Waals surface area contributed by atoms with Gasteiger partial charge in [-0.3, -0.25) is 0 Å². The molecular weight excluding hydrogens is 280 g/mol. The summed E-state index contributed by atoms with van der Waals surface area (Å²) in [6.07, 6.45) is 1.61. The van der Waals surface area contributed by atoms with E-state index in [1.165, 1.54) is 0 Å². The van der Waals surface area contributed by atoms with Gasteiger partial charge in [0.2, 0.25) is 0 Å². The van der Waals surface area contributed by atoms with Gasteiger partial charge >= 0.3 is 0 Å². The largest absolute Gasteiger partial charge is 0.236 e. The van der Waals surface area contributed by atoms with Crippen LogP contribution in [0.1, 0.15) is 26.3 Å². The van der Waals surface area contributed by atoms with Gasteiger partial charge in [0.05, 0.1) is 10.3 Å². The fourth-order valence-corrected chi connectivity index (χ4v) is 2.27. The van der Waals surface area contributed by atoms with Crippen molar-refractivity contribution in [2.75, 3.05) is 0 Å². The second-order valence-corrected chi connectivity index (χ2v) is 7.47. The van der Waals surface area contributed by atoms with Crippen LogP contribution in [0.15, 0.2) is 34.7 Å². The molecule has 2 aromatic rings. The van der Waals surface area contributed by atoms with E-state index < -0.39 is 11.0 Å². The minimum absolute atomic E-state index is 0.372. The van der Waals surface area contributed by atoms with E-state index in [0.29, 0.717) is 5.15 Å². The summed E-state index contributed by atoms with van der Waals surface area (Å²) < 4.78 is 15.7. The van der Waals surface area contributed by atoms with Crippen molar-refractivity contribution in [1.29, 1.82) is 0 Å². The summed E-state index contributed by atoms with van der Waals surface area (Å²) in [4.78, 5) is 4.24. The molecule has 0 amide bonds. The Hall–Kier alpha value is -1.26. The number of aromatic nitrogens is 1. The highest BCUT2D eigenvalue weighted by Gasteiger charge is 2.18. The van der Waals surface area contributed by atoms with E-state index >= 15 is 0 Å². The van der Waals surface area contributed by atoms with Crippen LogP contribution in [0.25, 0.3) is 10.9 Å². The predicted octanol–water partition coefficient (Wildman–Crippen LogP) is 3.77. The first kappa shape index (κ1) is 14.2. The standard InChI is InChI=1S/C14H15ClN2OS/c1-14(2,3)19(18)16-9-10-8-13(15)17-12-7-5-4-6-11(10)12/h4-9H,1-3H3/b16-9+. The van der Waals surface area contributed by atoms with Crippen molar-refractivity contribution < 1.29 is 4.21 Å². The molecule has 19 heavy (non-hydrogen) atoms. The zero-order valence-corrected chi connectivity index (χ0v) is 12.6. The molecule has 0 aliphatic heterocycles. The molecule has 0 saturated carbocycles. The van der Waals surface area contributed by atoms with Crippen LogP contribution in [0.4, 0.5) is 0 Å². The Labute approximate surface area is 120 Å². The first-order chi connectivity index (χ1) is 8.88. The Bertz CT molecular complexity index is 662. The first-order valence-electron chi connectivity index (χ1n) is 5.89. The van der Waals surface area contributed by atoms with Crippen LogP contribution >= 0.6 is 11.6 Å². The summed E-state index contributed by atoms with van der Waals surface area (Å²) in [5.41, 5.74) is 1.63. The number of halogens is 1. The van der Waals surface area contributed by atoms with E-state index in [1.807, 2.05) is 45.0 Å². The van der Waals surface area contributed by atoms with Crippen LogP contribution in [0.2, 0.25) is 5.15 Å². The van der Waals surface area contributed by atoms with Crippen LogP contribution < -0.4 is 0 Å². The molecule has 0 N–H and O–H groups in total. The zero-order chi connectivity index (χ0) is 14.0. The van der Waals surface area contributed by atoms with E-state index in [2.05, 4.69) is 9.38 Å². The lowest BCUT2D eigenvalue weighted by atomic mass is 10.1. The Morgan fingerprint density at radius 1 is 1.32 bits per heavy atom. The van der Waals surface area contributed by atoms with Gasteiger partial charge < -0.3 is 0 Å². The minimum atomic E-state index is -1.28. The normalized spacial score (nSPS) is 14.1. The first-order valence-corrected chi connectivity index (χ1v) is 7.38. The third-order valence-corrected chi connectivity index (χ3v) is 4.07. The molecule has 1 aromatic carbocycles. The van der Waals surface area contributed by atoms with Gasteiger partial charge in [-0.05, 0) is 32.9 Å². The van der Waals surface area contributed by atoms with Crippen molar-refractivity contribution in [3.63, 3.8) is 0 Å². The van der Waals surface area contributed by atoms with Gasteiger partial charge in [0, 0.05) is 17.2 Å². The number of benzene rings is 1. The number of nitrogens with zero attached hydrogens (tertiary/aromatic N) is 2. The average Bonchev–Trinajstić information content (AvgIpc) is 2.34. The highest BCUT2D eigenvalue weighted by atomic mass is 35.5. The number of fused-ring (bicyclic) bond motifs is 1. The van der Waals surface area contributed by atoms with Crippen molar-refractivity contribution in [3.05, 3.63) is 41.0 Å². The van der Waals surface area contributed by atoms with Gasteiger partial charge in [-0.1, -0.05) is 29.8 Å². The molecule has 0 bridgehead atoms. The van der Waals surface area contributed by atoms with E-state index in [4.69, 9.17) is 11.6 Å². The van der Waals surface area contributed by atoms with Gasteiger partial charge in [-0.25, -0.2) is 9.19 Å². The highest BCUT2D eigenvalue weighted by Crippen LogP contribution is 2.20. The average molecular weight is 295 g/mol.